The normalized spacial score (nSPS) is 16.1. The molecule has 13 heteroatoms. The van der Waals surface area contributed by atoms with E-state index in [1.807, 2.05) is 6.07 Å². The molecule has 2 fully saturated rings. The zero-order chi connectivity index (χ0) is 31.2. The molecular formula is C31H40N8O5. The van der Waals surface area contributed by atoms with Crippen LogP contribution in [0.15, 0.2) is 29.3 Å². The highest BCUT2D eigenvalue weighted by molar-refractivity contribution is 5.99. The van der Waals surface area contributed by atoms with Gasteiger partial charge >= 0.3 is 0 Å². The summed E-state index contributed by atoms with van der Waals surface area (Å²) in [5.41, 5.74) is 3.36. The third-order valence-corrected chi connectivity index (χ3v) is 8.60. The van der Waals surface area contributed by atoms with Crippen LogP contribution in [-0.2, 0) is 9.59 Å². The number of carbonyl (C=O) groups excluding carboxylic acids is 3. The molecule has 1 aliphatic heterocycles. The Balaban J connectivity index is 1.22. The van der Waals surface area contributed by atoms with Crippen molar-refractivity contribution < 1.29 is 19.6 Å². The lowest BCUT2D eigenvalue weighted by Crippen LogP contribution is -2.50. The molecule has 5 rings (SSSR count). The number of aryl methyl sites for hydroxylation is 1. The second kappa shape index (κ2) is 14.0. The van der Waals surface area contributed by atoms with Crippen molar-refractivity contribution in [2.45, 2.75) is 77.7 Å². The molecule has 0 radical (unpaired) electrons. The summed E-state index contributed by atoms with van der Waals surface area (Å²) >= 11 is 0. The highest BCUT2D eigenvalue weighted by Gasteiger charge is 2.27. The Labute approximate surface area is 255 Å². The fraction of sp³-hybridized carbons (Fsp3) is 0.516. The first-order valence-corrected chi connectivity index (χ1v) is 15.4. The molecule has 0 atom stereocenters. The summed E-state index contributed by atoms with van der Waals surface area (Å²) in [5, 5.41) is 12.3. The van der Waals surface area contributed by atoms with Gasteiger partial charge in [0.05, 0.1) is 24.0 Å². The zero-order valence-electron chi connectivity index (χ0n) is 25.3. The van der Waals surface area contributed by atoms with Crippen molar-refractivity contribution >= 4 is 46.1 Å². The Hall–Kier alpha value is -4.23. The van der Waals surface area contributed by atoms with Crippen LogP contribution in [0.25, 0.3) is 11.0 Å². The number of hydrogen-bond donors (Lipinski definition) is 3. The summed E-state index contributed by atoms with van der Waals surface area (Å²) in [5.74, 6) is 0.189. The molecular weight excluding hydrogens is 564 g/mol. The van der Waals surface area contributed by atoms with Crippen LogP contribution in [0.4, 0.5) is 17.5 Å². The van der Waals surface area contributed by atoms with Gasteiger partial charge in [0.2, 0.25) is 17.8 Å². The van der Waals surface area contributed by atoms with Crippen LogP contribution in [-0.4, -0.2) is 73.4 Å². The van der Waals surface area contributed by atoms with E-state index in [2.05, 4.69) is 20.2 Å². The van der Waals surface area contributed by atoms with Crippen LogP contribution >= 0.6 is 0 Å². The van der Waals surface area contributed by atoms with Crippen LogP contribution in [0, 0.1) is 6.92 Å². The summed E-state index contributed by atoms with van der Waals surface area (Å²) in [7, 11) is 0. The molecule has 0 unspecified atom stereocenters. The van der Waals surface area contributed by atoms with Crippen molar-refractivity contribution in [3.63, 3.8) is 0 Å². The number of fused-ring (bicyclic) bond motifs is 1. The molecule has 4 heterocycles. The molecule has 0 spiro atoms. The lowest BCUT2D eigenvalue weighted by Gasteiger charge is -2.34. The molecule has 44 heavy (non-hydrogen) atoms. The highest BCUT2D eigenvalue weighted by atomic mass is 16.5. The third-order valence-electron chi connectivity index (χ3n) is 8.60. The maximum atomic E-state index is 13.5. The predicted octanol–water partition coefficient (Wildman–Crippen LogP) is 3.66. The van der Waals surface area contributed by atoms with Gasteiger partial charge < -0.3 is 10.2 Å². The predicted molar refractivity (Wildman–Crippen MR) is 165 cm³/mol. The van der Waals surface area contributed by atoms with Gasteiger partial charge in [-0.1, -0.05) is 25.7 Å². The Morgan fingerprint density at radius 1 is 1.02 bits per heavy atom. The lowest BCUT2D eigenvalue weighted by atomic mass is 10.0. The number of aromatic nitrogens is 4. The van der Waals surface area contributed by atoms with Gasteiger partial charge in [-0.2, -0.15) is 4.98 Å². The topological polar surface area (TPSA) is 163 Å². The number of pyridine rings is 2. The van der Waals surface area contributed by atoms with Gasteiger partial charge in [0.25, 0.3) is 5.56 Å². The lowest BCUT2D eigenvalue weighted by molar-refractivity contribution is -0.129. The minimum atomic E-state index is -0.363. The largest absolute Gasteiger partial charge is 0.309 e. The maximum absolute atomic E-state index is 13.5. The van der Waals surface area contributed by atoms with E-state index < -0.39 is 0 Å². The van der Waals surface area contributed by atoms with E-state index in [0.717, 1.165) is 64.5 Å². The maximum Gasteiger partial charge on any atom is 0.263 e. The van der Waals surface area contributed by atoms with Crippen LogP contribution in [0.5, 0.6) is 0 Å². The fourth-order valence-corrected chi connectivity index (χ4v) is 6.26. The number of amides is 2. The van der Waals surface area contributed by atoms with Crippen LogP contribution in [0.2, 0.25) is 0 Å². The van der Waals surface area contributed by atoms with Crippen molar-refractivity contribution in [3.8, 4) is 0 Å². The van der Waals surface area contributed by atoms with Gasteiger partial charge in [-0.05, 0) is 63.8 Å². The zero-order valence-corrected chi connectivity index (χ0v) is 25.3. The van der Waals surface area contributed by atoms with Crippen molar-refractivity contribution in [1.82, 2.24) is 29.9 Å². The number of carbonyl (C=O) groups is 3. The Bertz CT molecular complexity index is 1580. The van der Waals surface area contributed by atoms with Crippen LogP contribution in [0.3, 0.4) is 0 Å². The molecule has 2 aliphatic rings. The summed E-state index contributed by atoms with van der Waals surface area (Å²) in [6, 6.07) is 3.60. The van der Waals surface area contributed by atoms with Crippen LogP contribution in [0.1, 0.15) is 86.7 Å². The van der Waals surface area contributed by atoms with Crippen LogP contribution < -0.4 is 21.3 Å². The Kier molecular flexibility index (Phi) is 9.95. The Morgan fingerprint density at radius 3 is 2.48 bits per heavy atom. The van der Waals surface area contributed by atoms with Crippen molar-refractivity contribution in [1.29, 1.82) is 0 Å². The number of piperazine rings is 1. The average Bonchev–Trinajstić information content (AvgIpc) is 3.54. The monoisotopic (exact) mass is 604 g/mol. The van der Waals surface area contributed by atoms with E-state index in [1.165, 1.54) is 6.92 Å². The number of hydrogen-bond acceptors (Lipinski definition) is 10. The first kappa shape index (κ1) is 31.2. The van der Waals surface area contributed by atoms with E-state index in [-0.39, 0.29) is 34.8 Å². The molecule has 1 saturated heterocycles. The van der Waals surface area contributed by atoms with Gasteiger partial charge in [0.15, 0.2) is 5.78 Å². The third kappa shape index (κ3) is 6.94. The van der Waals surface area contributed by atoms with Gasteiger partial charge in [0, 0.05) is 37.1 Å². The van der Waals surface area contributed by atoms with E-state index in [0.29, 0.717) is 53.6 Å². The molecule has 0 bridgehead atoms. The number of nitrogens with zero attached hydrogens (tertiary/aromatic N) is 6. The number of ketones is 1. The van der Waals surface area contributed by atoms with Gasteiger partial charge in [0.1, 0.15) is 11.5 Å². The molecule has 234 valence electrons. The number of hydroxylamine groups is 1. The number of nitrogens with one attached hydrogen (secondary N) is 2. The summed E-state index contributed by atoms with van der Waals surface area (Å²) in [6.45, 7) is 5.68. The summed E-state index contributed by atoms with van der Waals surface area (Å²) in [6.07, 6.45) is 10.9. The highest BCUT2D eigenvalue weighted by Crippen LogP contribution is 2.32. The molecule has 2 amide bonds. The van der Waals surface area contributed by atoms with Crippen molar-refractivity contribution in [3.05, 3.63) is 46.0 Å². The van der Waals surface area contributed by atoms with E-state index in [1.54, 1.807) is 40.3 Å². The standard InChI is InChI=1S/C31H40N8O5/c1-20-24-18-33-31(35-29(24)39(22-9-6-7-10-22)30(43)28(20)21(2)40)34-25-13-12-23(17-32-25)38-16-15-37(19-27(38)42)14-8-4-3-5-11-26(41)36-44/h12-13,17-18,22,44H,3-11,14-16,19H2,1-2H3,(H,36,41)(H,32,33,34,35). The minimum Gasteiger partial charge on any atom is -0.309 e. The Morgan fingerprint density at radius 2 is 1.80 bits per heavy atom. The molecule has 0 aromatic carbocycles. The first-order valence-electron chi connectivity index (χ1n) is 15.4. The van der Waals surface area contributed by atoms with E-state index in [9.17, 15) is 19.2 Å². The molecule has 1 aliphatic carbocycles. The van der Waals surface area contributed by atoms with Crippen molar-refractivity contribution in [2.75, 3.05) is 36.4 Å². The minimum absolute atomic E-state index is 0.00559. The fourth-order valence-electron chi connectivity index (χ4n) is 6.26. The SMILES string of the molecule is CC(=O)c1c(C)c2cnc(Nc3ccc(N4CCN(CCCCCCC(=O)NO)CC4=O)cn3)nc2n(C2CCCC2)c1=O. The average molecular weight is 605 g/mol. The van der Waals surface area contributed by atoms with E-state index >= 15 is 0 Å². The second-order valence-electron chi connectivity index (χ2n) is 11.6. The van der Waals surface area contributed by atoms with Gasteiger partial charge in [-0.15, -0.1) is 0 Å². The molecule has 3 aromatic heterocycles. The first-order chi connectivity index (χ1) is 21.3. The smallest absolute Gasteiger partial charge is 0.263 e. The molecule has 1 saturated carbocycles. The number of rotatable bonds is 12. The number of anilines is 3. The number of Topliss-reactive ketones (excluding diaryl/α,β-unsaturated/α-hetero) is 1. The summed E-state index contributed by atoms with van der Waals surface area (Å²) < 4.78 is 1.68. The molecule has 3 aromatic rings. The second-order valence-corrected chi connectivity index (χ2v) is 11.6. The molecule has 13 nitrogen and oxygen atoms in total. The number of unbranched alkanes of at least 4 members (excludes halogenated alkanes) is 3. The molecule has 3 N–H and O–H groups in total. The van der Waals surface area contributed by atoms with Gasteiger partial charge in [-0.25, -0.2) is 15.4 Å². The van der Waals surface area contributed by atoms with Crippen molar-refractivity contribution in [2.24, 2.45) is 0 Å². The van der Waals surface area contributed by atoms with Gasteiger partial charge in [-0.3, -0.25) is 33.9 Å². The summed E-state index contributed by atoms with van der Waals surface area (Å²) in [4.78, 5) is 67.4. The quantitative estimate of drug-likeness (QED) is 0.120. The van der Waals surface area contributed by atoms with E-state index in [4.69, 9.17) is 10.2 Å².